The highest BCUT2D eigenvalue weighted by Gasteiger charge is 2.27. The van der Waals surface area contributed by atoms with E-state index in [1.165, 1.54) is 10.4 Å². The minimum Gasteiger partial charge on any atom is -0.384 e. The number of aromatic amines is 1. The Morgan fingerprint density at radius 3 is 2.22 bits per heavy atom. The number of pyridine rings is 3. The van der Waals surface area contributed by atoms with Crippen LogP contribution in [0, 0.1) is 0 Å². The molecule has 0 saturated carbocycles. The minimum absolute atomic E-state index is 0.0165. The molecular formula is C28H34N6OS. The molecule has 4 heterocycles. The lowest BCUT2D eigenvalue weighted by atomic mass is 9.75. The van der Waals surface area contributed by atoms with Gasteiger partial charge in [0.05, 0.1) is 0 Å². The Morgan fingerprint density at radius 2 is 1.61 bits per heavy atom. The SMILES string of the molecule is CC(CCC(c1cccnc1)C(CCC(C)c1ccc[nH]c1=O)c1ccc(N)nc1)c1cnc(N)s1. The second-order valence-electron chi connectivity index (χ2n) is 9.53. The molecule has 4 aromatic rings. The molecule has 188 valence electrons. The van der Waals surface area contributed by atoms with Crippen molar-refractivity contribution in [3.05, 3.63) is 99.3 Å². The lowest BCUT2D eigenvalue weighted by Crippen LogP contribution is -2.17. The van der Waals surface area contributed by atoms with E-state index in [0.717, 1.165) is 36.8 Å². The van der Waals surface area contributed by atoms with Crippen molar-refractivity contribution in [3.63, 3.8) is 0 Å². The van der Waals surface area contributed by atoms with Crippen molar-refractivity contribution < 1.29 is 0 Å². The van der Waals surface area contributed by atoms with Crippen LogP contribution in [0.15, 0.2) is 72.2 Å². The van der Waals surface area contributed by atoms with Crippen LogP contribution in [0.2, 0.25) is 0 Å². The third-order valence-corrected chi connectivity index (χ3v) is 8.12. The number of rotatable bonds is 11. The first kappa shape index (κ1) is 25.6. The molecule has 4 aromatic heterocycles. The smallest absolute Gasteiger partial charge is 0.251 e. The summed E-state index contributed by atoms with van der Waals surface area (Å²) in [6, 6.07) is 11.9. The zero-order valence-corrected chi connectivity index (χ0v) is 21.6. The summed E-state index contributed by atoms with van der Waals surface area (Å²) in [6.07, 6.45) is 13.0. The Morgan fingerprint density at radius 1 is 0.861 bits per heavy atom. The van der Waals surface area contributed by atoms with Gasteiger partial charge in [0.15, 0.2) is 5.13 Å². The molecular weight excluding hydrogens is 468 g/mol. The molecule has 8 heteroatoms. The van der Waals surface area contributed by atoms with Gasteiger partial charge < -0.3 is 16.5 Å². The molecule has 7 nitrogen and oxygen atoms in total. The van der Waals surface area contributed by atoms with Crippen LogP contribution in [-0.4, -0.2) is 19.9 Å². The van der Waals surface area contributed by atoms with Gasteiger partial charge in [-0.25, -0.2) is 9.97 Å². The fraction of sp³-hybridized carbons (Fsp3) is 0.357. The van der Waals surface area contributed by atoms with Crippen LogP contribution in [0.5, 0.6) is 0 Å². The summed E-state index contributed by atoms with van der Waals surface area (Å²) in [7, 11) is 0. The van der Waals surface area contributed by atoms with Gasteiger partial charge in [0.25, 0.3) is 5.56 Å². The molecule has 0 fully saturated rings. The number of thiazole rings is 1. The van der Waals surface area contributed by atoms with Gasteiger partial charge in [-0.05, 0) is 78.7 Å². The van der Waals surface area contributed by atoms with Gasteiger partial charge in [-0.2, -0.15) is 0 Å². The van der Waals surface area contributed by atoms with Crippen molar-refractivity contribution >= 4 is 22.3 Å². The van der Waals surface area contributed by atoms with E-state index in [-0.39, 0.29) is 23.3 Å². The number of nitrogen functional groups attached to an aromatic ring is 2. The fourth-order valence-corrected chi connectivity index (χ4v) is 5.71. The summed E-state index contributed by atoms with van der Waals surface area (Å²) in [5.41, 5.74) is 15.0. The van der Waals surface area contributed by atoms with Crippen molar-refractivity contribution in [1.29, 1.82) is 0 Å². The number of anilines is 2. The predicted octanol–water partition coefficient (Wildman–Crippen LogP) is 5.82. The highest BCUT2D eigenvalue weighted by molar-refractivity contribution is 7.15. The fourth-order valence-electron chi connectivity index (χ4n) is 4.94. The van der Waals surface area contributed by atoms with E-state index in [1.54, 1.807) is 17.5 Å². The summed E-state index contributed by atoms with van der Waals surface area (Å²) in [6.45, 7) is 4.36. The first-order valence-electron chi connectivity index (χ1n) is 12.4. The normalized spacial score (nSPS) is 14.7. The maximum Gasteiger partial charge on any atom is 0.251 e. The van der Waals surface area contributed by atoms with E-state index in [2.05, 4.69) is 45.9 Å². The maximum atomic E-state index is 12.4. The summed E-state index contributed by atoms with van der Waals surface area (Å²) in [5.74, 6) is 1.43. The number of H-pyrrole nitrogens is 1. The zero-order chi connectivity index (χ0) is 25.5. The number of nitrogens with zero attached hydrogens (tertiary/aromatic N) is 3. The second kappa shape index (κ2) is 11.9. The molecule has 4 unspecified atom stereocenters. The van der Waals surface area contributed by atoms with E-state index in [4.69, 9.17) is 11.5 Å². The van der Waals surface area contributed by atoms with Gasteiger partial charge in [0.1, 0.15) is 5.82 Å². The van der Waals surface area contributed by atoms with Crippen molar-refractivity contribution in [2.45, 2.75) is 63.2 Å². The first-order chi connectivity index (χ1) is 17.4. The Balaban J connectivity index is 1.62. The molecule has 0 amide bonds. The average molecular weight is 503 g/mol. The Hall–Kier alpha value is -3.52. The lowest BCUT2D eigenvalue weighted by Gasteiger charge is -2.30. The second-order valence-corrected chi connectivity index (χ2v) is 10.6. The molecule has 0 aliphatic carbocycles. The van der Waals surface area contributed by atoms with Crippen LogP contribution in [0.3, 0.4) is 0 Å². The Labute approximate surface area is 216 Å². The van der Waals surface area contributed by atoms with Gasteiger partial charge in [0.2, 0.25) is 0 Å². The lowest BCUT2D eigenvalue weighted by molar-refractivity contribution is 0.428. The van der Waals surface area contributed by atoms with Crippen molar-refractivity contribution in [1.82, 2.24) is 19.9 Å². The highest BCUT2D eigenvalue weighted by atomic mass is 32.1. The van der Waals surface area contributed by atoms with Gasteiger partial charge >= 0.3 is 0 Å². The first-order valence-corrected chi connectivity index (χ1v) is 13.2. The number of nitrogens with one attached hydrogen (secondary N) is 1. The van der Waals surface area contributed by atoms with Crippen LogP contribution >= 0.6 is 11.3 Å². The molecule has 0 radical (unpaired) electrons. The molecule has 4 atom stereocenters. The summed E-state index contributed by atoms with van der Waals surface area (Å²) in [5, 5.41) is 0.608. The molecule has 0 aliphatic rings. The number of hydrogen-bond acceptors (Lipinski definition) is 7. The molecule has 0 aliphatic heterocycles. The third kappa shape index (κ3) is 6.37. The zero-order valence-electron chi connectivity index (χ0n) is 20.8. The monoisotopic (exact) mass is 502 g/mol. The molecule has 36 heavy (non-hydrogen) atoms. The van der Waals surface area contributed by atoms with Crippen molar-refractivity contribution in [2.75, 3.05) is 11.5 Å². The number of nitrogens with two attached hydrogens (primary N) is 2. The highest BCUT2D eigenvalue weighted by Crippen LogP contribution is 2.42. The van der Waals surface area contributed by atoms with E-state index < -0.39 is 0 Å². The van der Waals surface area contributed by atoms with Crippen molar-refractivity contribution in [3.8, 4) is 0 Å². The molecule has 5 N–H and O–H groups in total. The maximum absolute atomic E-state index is 12.4. The number of aromatic nitrogens is 4. The van der Waals surface area contributed by atoms with E-state index >= 15 is 0 Å². The van der Waals surface area contributed by atoms with E-state index in [9.17, 15) is 4.79 Å². The van der Waals surface area contributed by atoms with Gasteiger partial charge in [0, 0.05) is 41.4 Å². The quantitative estimate of drug-likeness (QED) is 0.237. The van der Waals surface area contributed by atoms with Gasteiger partial charge in [-0.1, -0.05) is 32.0 Å². The molecule has 4 rings (SSSR count). The van der Waals surface area contributed by atoms with Crippen LogP contribution in [0.1, 0.15) is 84.8 Å². The van der Waals surface area contributed by atoms with E-state index in [0.29, 0.717) is 16.9 Å². The van der Waals surface area contributed by atoms with Crippen LogP contribution in [-0.2, 0) is 0 Å². The van der Waals surface area contributed by atoms with Gasteiger partial charge in [-0.3, -0.25) is 9.78 Å². The third-order valence-electron chi connectivity index (χ3n) is 7.06. The Bertz CT molecular complexity index is 1290. The predicted molar refractivity (Wildman–Crippen MR) is 147 cm³/mol. The molecule has 0 saturated heterocycles. The largest absolute Gasteiger partial charge is 0.384 e. The van der Waals surface area contributed by atoms with Crippen LogP contribution < -0.4 is 17.0 Å². The molecule has 0 spiro atoms. The summed E-state index contributed by atoms with van der Waals surface area (Å²) in [4.78, 5) is 29.5. The number of hydrogen-bond donors (Lipinski definition) is 3. The van der Waals surface area contributed by atoms with Crippen LogP contribution in [0.25, 0.3) is 0 Å². The summed E-state index contributed by atoms with van der Waals surface area (Å²) < 4.78 is 0. The van der Waals surface area contributed by atoms with Crippen LogP contribution in [0.4, 0.5) is 10.9 Å². The van der Waals surface area contributed by atoms with Crippen molar-refractivity contribution in [2.24, 2.45) is 0 Å². The standard InChI is InChI=1S/C28H34N6OS/c1-18(22-6-4-14-32-27(22)35)7-10-24(21-9-12-26(29)33-16-21)23(20-5-3-13-31-15-20)11-8-19(2)25-17-34-28(30)36-25/h3-6,9,12-19,23-24H,7-8,10-11H2,1-2H3,(H2,29,33)(H2,30,34)(H,32,35). The Kier molecular flexibility index (Phi) is 8.48. The topological polar surface area (TPSA) is 124 Å². The molecule has 0 aromatic carbocycles. The van der Waals surface area contributed by atoms with E-state index in [1.807, 2.05) is 49.1 Å². The average Bonchev–Trinajstić information content (AvgIpc) is 3.33. The minimum atomic E-state index is -0.0165. The molecule has 0 bridgehead atoms. The summed E-state index contributed by atoms with van der Waals surface area (Å²) >= 11 is 1.56. The van der Waals surface area contributed by atoms with Gasteiger partial charge in [-0.15, -0.1) is 11.3 Å².